The molecule has 0 spiro atoms. The Kier molecular flexibility index (Phi) is 2.83. The van der Waals surface area contributed by atoms with Gasteiger partial charge >= 0.3 is 0 Å². The summed E-state index contributed by atoms with van der Waals surface area (Å²) in [5, 5.41) is 20.1. The van der Waals surface area contributed by atoms with Gasteiger partial charge in [0.15, 0.2) is 0 Å². The van der Waals surface area contributed by atoms with Crippen molar-refractivity contribution in [2.24, 2.45) is 7.05 Å². The fourth-order valence-corrected chi connectivity index (χ4v) is 2.30. The van der Waals surface area contributed by atoms with E-state index in [1.54, 1.807) is 15.6 Å². The van der Waals surface area contributed by atoms with E-state index in [-0.39, 0.29) is 0 Å². The number of hydrogen-bond donors (Lipinski definition) is 1. The average molecular weight is 256 g/mol. The summed E-state index contributed by atoms with van der Waals surface area (Å²) < 4.78 is 3.59. The molecule has 2 heterocycles. The van der Waals surface area contributed by atoms with E-state index in [4.69, 9.17) is 0 Å². The highest BCUT2D eigenvalue weighted by Crippen LogP contribution is 2.27. The summed E-state index contributed by atoms with van der Waals surface area (Å²) in [6.45, 7) is 2.80. The second kappa shape index (κ2) is 4.51. The molecule has 0 aliphatic rings. The van der Waals surface area contributed by atoms with Crippen molar-refractivity contribution in [1.29, 1.82) is 0 Å². The van der Waals surface area contributed by atoms with Crippen LogP contribution in [-0.2, 0) is 13.6 Å². The Morgan fingerprint density at radius 1 is 1.32 bits per heavy atom. The lowest BCUT2D eigenvalue weighted by molar-refractivity contribution is 0.215. The smallest absolute Gasteiger partial charge is 0.126 e. The number of nitrogens with zero attached hydrogens (tertiary/aromatic N) is 4. The molecule has 3 aromatic rings. The molecule has 0 radical (unpaired) electrons. The Morgan fingerprint density at radius 3 is 2.84 bits per heavy atom. The first-order valence-corrected chi connectivity index (χ1v) is 6.32. The maximum absolute atomic E-state index is 10.5. The van der Waals surface area contributed by atoms with Crippen LogP contribution in [0, 0.1) is 0 Å². The molecule has 19 heavy (non-hydrogen) atoms. The van der Waals surface area contributed by atoms with Gasteiger partial charge in [-0.25, -0.2) is 0 Å². The zero-order chi connectivity index (χ0) is 13.4. The summed E-state index contributed by atoms with van der Waals surface area (Å²) in [5.74, 6) is 0. The minimum Gasteiger partial charge on any atom is -0.382 e. The number of rotatable bonds is 3. The molecule has 0 saturated carbocycles. The van der Waals surface area contributed by atoms with Crippen LogP contribution in [-0.4, -0.2) is 24.7 Å². The van der Waals surface area contributed by atoms with E-state index in [0.717, 1.165) is 23.0 Å². The lowest BCUT2D eigenvalue weighted by Gasteiger charge is -2.05. The maximum atomic E-state index is 10.5. The predicted octanol–water partition coefficient (Wildman–Crippen LogP) is 1.87. The van der Waals surface area contributed by atoms with Gasteiger partial charge in [-0.3, -0.25) is 9.36 Å². The molecule has 0 amide bonds. The van der Waals surface area contributed by atoms with Gasteiger partial charge in [-0.05, 0) is 13.0 Å². The minimum absolute atomic E-state index is 0.675. The quantitative estimate of drug-likeness (QED) is 0.778. The molecule has 0 aliphatic carbocycles. The molecule has 2 aromatic heterocycles. The number of para-hydroxylation sites is 1. The Balaban J connectivity index is 2.08. The number of hydrogen-bond acceptors (Lipinski definition) is 3. The van der Waals surface area contributed by atoms with E-state index in [1.165, 1.54) is 0 Å². The van der Waals surface area contributed by atoms with Gasteiger partial charge in [0, 0.05) is 30.7 Å². The third-order valence-electron chi connectivity index (χ3n) is 3.34. The summed E-state index contributed by atoms with van der Waals surface area (Å²) in [4.78, 5) is 0. The highest BCUT2D eigenvalue weighted by molar-refractivity contribution is 5.82. The zero-order valence-electron chi connectivity index (χ0n) is 11.0. The third-order valence-corrected chi connectivity index (χ3v) is 3.34. The van der Waals surface area contributed by atoms with E-state index >= 15 is 0 Å². The molecule has 3 rings (SSSR count). The van der Waals surface area contributed by atoms with Gasteiger partial charge in [0.05, 0.1) is 11.7 Å². The summed E-state index contributed by atoms with van der Waals surface area (Å²) in [7, 11) is 1.88. The van der Waals surface area contributed by atoms with Crippen molar-refractivity contribution in [3.05, 3.63) is 47.9 Å². The van der Waals surface area contributed by atoms with Crippen molar-refractivity contribution in [1.82, 2.24) is 19.6 Å². The predicted molar refractivity (Wildman–Crippen MR) is 72.7 cm³/mol. The molecule has 5 heteroatoms. The van der Waals surface area contributed by atoms with Crippen LogP contribution in [0.25, 0.3) is 10.9 Å². The average Bonchev–Trinajstić information content (AvgIpc) is 3.04. The van der Waals surface area contributed by atoms with Crippen LogP contribution in [0.4, 0.5) is 0 Å². The van der Waals surface area contributed by atoms with Gasteiger partial charge in [0.2, 0.25) is 0 Å². The van der Waals surface area contributed by atoms with E-state index < -0.39 is 6.10 Å². The monoisotopic (exact) mass is 256 g/mol. The van der Waals surface area contributed by atoms with Crippen molar-refractivity contribution in [3.8, 4) is 0 Å². The number of aliphatic hydroxyl groups is 1. The molecule has 1 unspecified atom stereocenters. The normalized spacial score (nSPS) is 13.0. The molecule has 5 nitrogen and oxygen atoms in total. The topological polar surface area (TPSA) is 55.9 Å². The number of aryl methyl sites for hydroxylation is 2. The van der Waals surface area contributed by atoms with Crippen LogP contribution >= 0.6 is 0 Å². The first kappa shape index (κ1) is 11.9. The number of aromatic nitrogens is 4. The maximum Gasteiger partial charge on any atom is 0.126 e. The van der Waals surface area contributed by atoms with E-state index in [0.29, 0.717) is 5.69 Å². The van der Waals surface area contributed by atoms with E-state index in [1.807, 2.05) is 44.4 Å². The van der Waals surface area contributed by atoms with Gasteiger partial charge in [0.25, 0.3) is 0 Å². The van der Waals surface area contributed by atoms with Gasteiger partial charge in [-0.2, -0.15) is 10.2 Å². The Labute approximate surface area is 111 Å². The van der Waals surface area contributed by atoms with Crippen LogP contribution < -0.4 is 0 Å². The highest BCUT2D eigenvalue weighted by Gasteiger charge is 2.19. The van der Waals surface area contributed by atoms with Crippen molar-refractivity contribution >= 4 is 10.9 Å². The van der Waals surface area contributed by atoms with Gasteiger partial charge in [-0.1, -0.05) is 18.2 Å². The molecular weight excluding hydrogens is 240 g/mol. The first-order valence-electron chi connectivity index (χ1n) is 6.32. The lowest BCUT2D eigenvalue weighted by Crippen LogP contribution is -2.01. The van der Waals surface area contributed by atoms with E-state index in [2.05, 4.69) is 10.2 Å². The molecule has 0 aliphatic heterocycles. The highest BCUT2D eigenvalue weighted by atomic mass is 16.3. The molecule has 0 bridgehead atoms. The summed E-state index contributed by atoms with van der Waals surface area (Å²) in [6.07, 6.45) is 2.80. The summed E-state index contributed by atoms with van der Waals surface area (Å²) in [6, 6.07) is 7.89. The Bertz CT molecular complexity index is 713. The minimum atomic E-state index is -0.744. The molecular formula is C14H16N4O. The largest absolute Gasteiger partial charge is 0.382 e. The van der Waals surface area contributed by atoms with Gasteiger partial charge in [-0.15, -0.1) is 0 Å². The second-order valence-electron chi connectivity index (χ2n) is 4.56. The van der Waals surface area contributed by atoms with Crippen LogP contribution in [0.5, 0.6) is 0 Å². The van der Waals surface area contributed by atoms with Crippen LogP contribution in [0.3, 0.4) is 0 Å². The second-order valence-corrected chi connectivity index (χ2v) is 4.56. The standard InChI is InChI=1S/C14H16N4O/c1-3-18-9-10(8-15-18)14(19)13-11-6-4-5-7-12(11)17(2)16-13/h4-9,14,19H,3H2,1-2H3. The lowest BCUT2D eigenvalue weighted by atomic mass is 10.1. The van der Waals surface area contributed by atoms with Crippen LogP contribution in [0.1, 0.15) is 24.3 Å². The van der Waals surface area contributed by atoms with Crippen LogP contribution in [0.15, 0.2) is 36.7 Å². The number of fused-ring (bicyclic) bond motifs is 1. The zero-order valence-corrected chi connectivity index (χ0v) is 11.0. The van der Waals surface area contributed by atoms with Crippen molar-refractivity contribution < 1.29 is 5.11 Å². The molecule has 1 N–H and O–H groups in total. The number of benzene rings is 1. The Hall–Kier alpha value is -2.14. The summed E-state index contributed by atoms with van der Waals surface area (Å²) in [5.41, 5.74) is 2.46. The third kappa shape index (κ3) is 1.92. The molecule has 1 atom stereocenters. The van der Waals surface area contributed by atoms with Gasteiger partial charge < -0.3 is 5.11 Å². The van der Waals surface area contributed by atoms with Crippen molar-refractivity contribution in [2.45, 2.75) is 19.6 Å². The van der Waals surface area contributed by atoms with Gasteiger partial charge in [0.1, 0.15) is 11.8 Å². The fourth-order valence-electron chi connectivity index (χ4n) is 2.30. The Morgan fingerprint density at radius 2 is 2.11 bits per heavy atom. The van der Waals surface area contributed by atoms with Crippen LogP contribution in [0.2, 0.25) is 0 Å². The molecule has 1 aromatic carbocycles. The van der Waals surface area contributed by atoms with E-state index in [9.17, 15) is 5.11 Å². The number of aliphatic hydroxyl groups excluding tert-OH is 1. The molecule has 98 valence electrons. The first-order chi connectivity index (χ1) is 9.20. The summed E-state index contributed by atoms with van der Waals surface area (Å²) >= 11 is 0. The fraction of sp³-hybridized carbons (Fsp3) is 0.286. The molecule has 0 saturated heterocycles. The SMILES string of the molecule is CCn1cc(C(O)c2nn(C)c3ccccc23)cn1. The van der Waals surface area contributed by atoms with Crippen molar-refractivity contribution in [3.63, 3.8) is 0 Å². The molecule has 0 fully saturated rings. The van der Waals surface area contributed by atoms with Crippen molar-refractivity contribution in [2.75, 3.05) is 0 Å².